The third-order valence-electron chi connectivity index (χ3n) is 3.32. The van der Waals surface area contributed by atoms with Gasteiger partial charge in [-0.25, -0.2) is 0 Å². The Hall–Kier alpha value is -0.0400. The molecule has 0 aliphatic heterocycles. The number of aliphatic hydroxyl groups excluding tert-OH is 1. The molecule has 1 unspecified atom stereocenters. The summed E-state index contributed by atoms with van der Waals surface area (Å²) < 4.78 is 0. The lowest BCUT2D eigenvalue weighted by atomic mass is 10.0. The van der Waals surface area contributed by atoms with Crippen molar-refractivity contribution in [2.75, 3.05) is 0 Å². The second kappa shape index (κ2) is 14.0. The molecule has 0 aromatic carbocycles. The van der Waals surface area contributed by atoms with Gasteiger partial charge < -0.3 is 5.11 Å². The first kappa shape index (κ1) is 17.0. The molecule has 17 heavy (non-hydrogen) atoms. The summed E-state index contributed by atoms with van der Waals surface area (Å²) in [6.07, 6.45) is 18.2. The summed E-state index contributed by atoms with van der Waals surface area (Å²) >= 11 is 0. The highest BCUT2D eigenvalue weighted by molar-refractivity contribution is 4.70. The topological polar surface area (TPSA) is 20.2 Å². The summed E-state index contributed by atoms with van der Waals surface area (Å²) in [5, 5.41) is 9.06. The number of aliphatic hydroxyl groups is 1. The number of rotatable bonds is 13. The maximum atomic E-state index is 9.06. The fraction of sp³-hybridized carbons (Fsp3) is 0.938. The summed E-state index contributed by atoms with van der Waals surface area (Å²) in [5.41, 5.74) is 0. The molecule has 0 saturated carbocycles. The average molecular weight is 241 g/mol. The van der Waals surface area contributed by atoms with Crippen molar-refractivity contribution in [1.82, 2.24) is 0 Å². The van der Waals surface area contributed by atoms with E-state index in [9.17, 15) is 0 Å². The molecule has 0 heterocycles. The molecule has 0 saturated heterocycles. The van der Waals surface area contributed by atoms with E-state index in [4.69, 9.17) is 5.11 Å². The van der Waals surface area contributed by atoms with E-state index in [1.807, 2.05) is 13.3 Å². The maximum absolute atomic E-state index is 9.06. The van der Waals surface area contributed by atoms with Crippen LogP contribution in [0.15, 0.2) is 0 Å². The number of hydrogen-bond donors (Lipinski definition) is 1. The maximum Gasteiger partial charge on any atom is 0.0543 e. The van der Waals surface area contributed by atoms with Crippen molar-refractivity contribution < 1.29 is 5.11 Å². The van der Waals surface area contributed by atoms with E-state index in [0.717, 1.165) is 6.42 Å². The van der Waals surface area contributed by atoms with Crippen LogP contribution in [-0.2, 0) is 0 Å². The van der Waals surface area contributed by atoms with Crippen molar-refractivity contribution in [3.05, 3.63) is 6.42 Å². The molecule has 0 amide bonds. The molecule has 0 rings (SSSR count). The van der Waals surface area contributed by atoms with Crippen LogP contribution in [-0.4, -0.2) is 11.2 Å². The van der Waals surface area contributed by atoms with Crippen molar-refractivity contribution in [2.24, 2.45) is 0 Å². The van der Waals surface area contributed by atoms with Gasteiger partial charge in [0.05, 0.1) is 6.10 Å². The lowest BCUT2D eigenvalue weighted by Gasteiger charge is -2.04. The van der Waals surface area contributed by atoms with Gasteiger partial charge in [-0.3, -0.25) is 0 Å². The first-order valence-corrected chi connectivity index (χ1v) is 7.78. The minimum Gasteiger partial charge on any atom is -0.393 e. The van der Waals surface area contributed by atoms with E-state index >= 15 is 0 Å². The largest absolute Gasteiger partial charge is 0.393 e. The van der Waals surface area contributed by atoms with Gasteiger partial charge in [0.2, 0.25) is 0 Å². The predicted molar refractivity (Wildman–Crippen MR) is 77.1 cm³/mol. The normalized spacial score (nSPS) is 12.9. The van der Waals surface area contributed by atoms with Gasteiger partial charge in [0.15, 0.2) is 0 Å². The van der Waals surface area contributed by atoms with E-state index in [-0.39, 0.29) is 6.10 Å². The van der Waals surface area contributed by atoms with Crippen LogP contribution in [0.2, 0.25) is 0 Å². The van der Waals surface area contributed by atoms with E-state index < -0.39 is 0 Å². The summed E-state index contributed by atoms with van der Waals surface area (Å²) in [6, 6.07) is 0. The van der Waals surface area contributed by atoms with Crippen molar-refractivity contribution in [3.63, 3.8) is 0 Å². The Balaban J connectivity index is 2.89. The lowest BCUT2D eigenvalue weighted by Crippen LogP contribution is -1.99. The predicted octanol–water partition coefficient (Wildman–Crippen LogP) is 5.27. The highest BCUT2D eigenvalue weighted by Crippen LogP contribution is 2.12. The minimum absolute atomic E-state index is 0.224. The smallest absolute Gasteiger partial charge is 0.0543 e. The molecule has 1 N–H and O–H groups in total. The molecule has 0 spiro atoms. The van der Waals surface area contributed by atoms with Crippen molar-refractivity contribution in [3.8, 4) is 0 Å². The van der Waals surface area contributed by atoms with Gasteiger partial charge in [-0.15, -0.1) is 0 Å². The molecule has 1 nitrogen and oxygen atoms in total. The lowest BCUT2D eigenvalue weighted by molar-refractivity contribution is 0.222. The van der Waals surface area contributed by atoms with Crippen LogP contribution in [0, 0.1) is 6.42 Å². The quantitative estimate of drug-likeness (QED) is 0.435. The van der Waals surface area contributed by atoms with Crippen molar-refractivity contribution in [1.29, 1.82) is 0 Å². The van der Waals surface area contributed by atoms with Crippen LogP contribution in [0.3, 0.4) is 0 Å². The van der Waals surface area contributed by atoms with Crippen LogP contribution in [0.25, 0.3) is 0 Å². The Morgan fingerprint density at radius 2 is 1.18 bits per heavy atom. The molecule has 0 bridgehead atoms. The Morgan fingerprint density at radius 1 is 0.765 bits per heavy atom. The number of unbranched alkanes of at least 4 members (excludes halogenated alkanes) is 11. The van der Waals surface area contributed by atoms with Crippen LogP contribution >= 0.6 is 0 Å². The number of hydrogen-bond acceptors (Lipinski definition) is 1. The van der Waals surface area contributed by atoms with Gasteiger partial charge in [0.1, 0.15) is 0 Å². The van der Waals surface area contributed by atoms with Crippen LogP contribution in [0.5, 0.6) is 0 Å². The van der Waals surface area contributed by atoms with Crippen LogP contribution in [0.1, 0.15) is 90.9 Å². The molecule has 1 atom stereocenters. The Kier molecular flexibility index (Phi) is 14.0. The molecule has 1 radical (unpaired) electrons. The highest BCUT2D eigenvalue weighted by atomic mass is 16.3. The third kappa shape index (κ3) is 16.0. The fourth-order valence-electron chi connectivity index (χ4n) is 2.17. The molecule has 0 aliphatic rings. The molecular formula is C16H33O. The van der Waals surface area contributed by atoms with Gasteiger partial charge in [-0.2, -0.15) is 0 Å². The van der Waals surface area contributed by atoms with Gasteiger partial charge in [0, 0.05) is 0 Å². The first-order chi connectivity index (χ1) is 8.27. The highest BCUT2D eigenvalue weighted by Gasteiger charge is 1.96. The Morgan fingerprint density at radius 3 is 1.59 bits per heavy atom. The molecule has 0 fully saturated rings. The second-order valence-corrected chi connectivity index (χ2v) is 5.30. The molecule has 0 aromatic rings. The summed E-state index contributed by atoms with van der Waals surface area (Å²) in [7, 11) is 0. The van der Waals surface area contributed by atoms with Gasteiger partial charge in [-0.1, -0.05) is 77.6 Å². The standard InChI is InChI=1S/C16H33O/c1-3-4-5-6-7-8-9-10-11-12-13-14-15-16(2)17/h15-17H,3-14H2,1-2H3. The van der Waals surface area contributed by atoms with E-state index in [1.54, 1.807) is 0 Å². The SMILES string of the molecule is CCCCCCCCCCCCC[CH]C(C)O. The van der Waals surface area contributed by atoms with Crippen LogP contribution in [0.4, 0.5) is 0 Å². The average Bonchev–Trinajstić information content (AvgIpc) is 2.30. The van der Waals surface area contributed by atoms with Crippen molar-refractivity contribution in [2.45, 2.75) is 97.0 Å². The second-order valence-electron chi connectivity index (χ2n) is 5.30. The van der Waals surface area contributed by atoms with E-state index in [1.165, 1.54) is 70.6 Å². The van der Waals surface area contributed by atoms with Crippen molar-refractivity contribution >= 4 is 0 Å². The molecule has 1 heteroatoms. The first-order valence-electron chi connectivity index (χ1n) is 7.78. The van der Waals surface area contributed by atoms with Gasteiger partial charge in [0.25, 0.3) is 0 Å². The monoisotopic (exact) mass is 241 g/mol. The third-order valence-corrected chi connectivity index (χ3v) is 3.32. The van der Waals surface area contributed by atoms with Gasteiger partial charge in [-0.05, 0) is 19.8 Å². The fourth-order valence-corrected chi connectivity index (χ4v) is 2.17. The Labute approximate surface area is 109 Å². The summed E-state index contributed by atoms with van der Waals surface area (Å²) in [4.78, 5) is 0. The zero-order valence-electron chi connectivity index (χ0n) is 12.1. The molecular weight excluding hydrogens is 208 g/mol. The zero-order valence-corrected chi connectivity index (χ0v) is 12.1. The summed E-state index contributed by atoms with van der Waals surface area (Å²) in [5.74, 6) is 0. The van der Waals surface area contributed by atoms with Gasteiger partial charge >= 0.3 is 0 Å². The molecule has 0 aromatic heterocycles. The minimum atomic E-state index is -0.224. The van der Waals surface area contributed by atoms with E-state index in [2.05, 4.69) is 6.92 Å². The molecule has 103 valence electrons. The molecule has 0 aliphatic carbocycles. The summed E-state index contributed by atoms with van der Waals surface area (Å²) in [6.45, 7) is 4.10. The van der Waals surface area contributed by atoms with E-state index in [0.29, 0.717) is 0 Å². The Bertz CT molecular complexity index is 131. The van der Waals surface area contributed by atoms with Crippen LogP contribution < -0.4 is 0 Å². The zero-order chi connectivity index (χ0) is 12.8.